The Morgan fingerprint density at radius 3 is 2.65 bits per heavy atom. The average molecular weight is 371 g/mol. The molecule has 0 spiro atoms. The van der Waals surface area contributed by atoms with Crippen molar-refractivity contribution in [1.82, 2.24) is 24.6 Å². The molecule has 0 aliphatic carbocycles. The molecule has 7 nitrogen and oxygen atoms in total. The molecule has 1 aromatic carbocycles. The first-order valence-electron chi connectivity index (χ1n) is 8.32. The first kappa shape index (κ1) is 18.2. The molecule has 0 saturated carbocycles. The summed E-state index contributed by atoms with van der Waals surface area (Å²) < 4.78 is 1.93. The maximum Gasteiger partial charge on any atom is 0.243 e. The van der Waals surface area contributed by atoms with Crippen LogP contribution in [0.4, 0.5) is 0 Å². The number of hydrogen-bond acceptors (Lipinski definition) is 5. The maximum atomic E-state index is 12.3. The lowest BCUT2D eigenvalue weighted by atomic mass is 10.1. The van der Waals surface area contributed by atoms with Gasteiger partial charge in [0.05, 0.1) is 0 Å². The Kier molecular flexibility index (Phi) is 5.13. The number of ketones is 1. The molecule has 1 atom stereocenters. The van der Waals surface area contributed by atoms with Gasteiger partial charge in [0, 0.05) is 43.3 Å². The van der Waals surface area contributed by atoms with Gasteiger partial charge in [0.2, 0.25) is 5.91 Å². The molecular weight excluding hydrogens is 350 g/mol. The largest absolute Gasteiger partial charge is 0.360 e. The fourth-order valence-electron chi connectivity index (χ4n) is 2.76. The zero-order valence-electron chi connectivity index (χ0n) is 15.2. The highest BCUT2D eigenvalue weighted by Crippen LogP contribution is 2.31. The summed E-state index contributed by atoms with van der Waals surface area (Å²) in [5, 5.41) is 9.37. The number of fused-ring (bicyclic) bond motifs is 1. The standard InChI is InChI=1S/C18H21N5O2S/c1-5-23-16(13-10-19-14-9-7-6-8-12(13)14)20-21-18(23)26-15(11(2)24)17(25)22(3)4/h6-10,15,19H,5H2,1-4H3/t15-/m1/s1. The van der Waals surface area contributed by atoms with Gasteiger partial charge in [-0.15, -0.1) is 10.2 Å². The lowest BCUT2D eigenvalue weighted by Gasteiger charge is -2.17. The molecule has 8 heteroatoms. The van der Waals surface area contributed by atoms with Crippen molar-refractivity contribution in [2.75, 3.05) is 14.1 Å². The van der Waals surface area contributed by atoms with E-state index in [-0.39, 0.29) is 11.7 Å². The molecule has 26 heavy (non-hydrogen) atoms. The number of benzene rings is 1. The van der Waals surface area contributed by atoms with Crippen LogP contribution in [0.5, 0.6) is 0 Å². The highest BCUT2D eigenvalue weighted by Gasteiger charge is 2.29. The van der Waals surface area contributed by atoms with Crippen LogP contribution in [0.2, 0.25) is 0 Å². The Morgan fingerprint density at radius 1 is 1.27 bits per heavy atom. The van der Waals surface area contributed by atoms with Gasteiger partial charge in [-0.05, 0) is 19.9 Å². The van der Waals surface area contributed by atoms with Crippen molar-refractivity contribution in [3.8, 4) is 11.4 Å². The van der Waals surface area contributed by atoms with Crippen LogP contribution in [-0.2, 0) is 16.1 Å². The van der Waals surface area contributed by atoms with E-state index in [1.807, 2.05) is 42.0 Å². The molecule has 2 heterocycles. The van der Waals surface area contributed by atoms with Crippen LogP contribution >= 0.6 is 11.8 Å². The predicted molar refractivity (Wildman–Crippen MR) is 102 cm³/mol. The number of Topliss-reactive ketones (excluding diaryl/α,β-unsaturated/α-hetero) is 1. The molecule has 3 aromatic rings. The van der Waals surface area contributed by atoms with Crippen molar-refractivity contribution in [1.29, 1.82) is 0 Å². The van der Waals surface area contributed by atoms with Crippen LogP contribution in [0.1, 0.15) is 13.8 Å². The molecule has 0 unspecified atom stereocenters. The zero-order valence-corrected chi connectivity index (χ0v) is 16.0. The summed E-state index contributed by atoms with van der Waals surface area (Å²) in [4.78, 5) is 29.0. The summed E-state index contributed by atoms with van der Waals surface area (Å²) in [6.45, 7) is 4.04. The van der Waals surface area contributed by atoms with E-state index in [2.05, 4.69) is 15.2 Å². The molecule has 0 fully saturated rings. The summed E-state index contributed by atoms with van der Waals surface area (Å²) in [7, 11) is 3.28. The minimum Gasteiger partial charge on any atom is -0.360 e. The lowest BCUT2D eigenvalue weighted by Crippen LogP contribution is -2.36. The number of amides is 1. The van der Waals surface area contributed by atoms with E-state index in [9.17, 15) is 9.59 Å². The van der Waals surface area contributed by atoms with Gasteiger partial charge in [0.15, 0.2) is 16.8 Å². The van der Waals surface area contributed by atoms with E-state index in [1.165, 1.54) is 11.8 Å². The Balaban J connectivity index is 2.01. The van der Waals surface area contributed by atoms with Crippen LogP contribution in [0, 0.1) is 0 Å². The number of nitrogens with zero attached hydrogens (tertiary/aromatic N) is 4. The highest BCUT2D eigenvalue weighted by molar-refractivity contribution is 8.01. The minimum atomic E-state index is -0.824. The summed E-state index contributed by atoms with van der Waals surface area (Å²) in [6.07, 6.45) is 1.91. The van der Waals surface area contributed by atoms with E-state index in [0.717, 1.165) is 28.2 Å². The molecule has 0 saturated heterocycles. The number of aromatic nitrogens is 4. The van der Waals surface area contributed by atoms with Gasteiger partial charge >= 0.3 is 0 Å². The summed E-state index contributed by atoms with van der Waals surface area (Å²) in [6, 6.07) is 7.97. The van der Waals surface area contributed by atoms with Gasteiger partial charge in [-0.25, -0.2) is 0 Å². The summed E-state index contributed by atoms with van der Waals surface area (Å²) >= 11 is 1.15. The molecule has 3 rings (SSSR count). The average Bonchev–Trinajstić information content (AvgIpc) is 3.21. The number of aromatic amines is 1. The van der Waals surface area contributed by atoms with Crippen molar-refractivity contribution >= 4 is 34.4 Å². The monoisotopic (exact) mass is 371 g/mol. The maximum absolute atomic E-state index is 12.3. The normalized spacial score (nSPS) is 12.3. The van der Waals surface area contributed by atoms with Gasteiger partial charge in [-0.1, -0.05) is 30.0 Å². The Morgan fingerprint density at radius 2 is 2.00 bits per heavy atom. The number of nitrogens with one attached hydrogen (secondary N) is 1. The van der Waals surface area contributed by atoms with Gasteiger partial charge in [-0.2, -0.15) is 0 Å². The van der Waals surface area contributed by atoms with E-state index in [0.29, 0.717) is 17.5 Å². The third-order valence-electron chi connectivity index (χ3n) is 4.12. The smallest absolute Gasteiger partial charge is 0.243 e. The number of thioether (sulfide) groups is 1. The molecular formula is C18H21N5O2S. The molecule has 136 valence electrons. The highest BCUT2D eigenvalue weighted by atomic mass is 32.2. The van der Waals surface area contributed by atoms with Crippen LogP contribution < -0.4 is 0 Å². The molecule has 1 N–H and O–H groups in total. The van der Waals surface area contributed by atoms with Crippen molar-refractivity contribution in [2.45, 2.75) is 30.8 Å². The second kappa shape index (κ2) is 7.33. The lowest BCUT2D eigenvalue weighted by molar-refractivity contribution is -0.132. The first-order chi connectivity index (χ1) is 12.4. The second-order valence-corrected chi connectivity index (χ2v) is 7.21. The molecule has 0 radical (unpaired) electrons. The Labute approximate surface area is 155 Å². The zero-order chi connectivity index (χ0) is 18.8. The van der Waals surface area contributed by atoms with Crippen LogP contribution in [0.25, 0.3) is 22.3 Å². The molecule has 0 aliphatic heterocycles. The number of para-hydroxylation sites is 1. The van der Waals surface area contributed by atoms with Crippen molar-refractivity contribution in [3.05, 3.63) is 30.5 Å². The third kappa shape index (κ3) is 3.24. The predicted octanol–water partition coefficient (Wildman–Crippen LogP) is 2.58. The minimum absolute atomic E-state index is 0.201. The molecule has 0 aliphatic rings. The fourth-order valence-corrected chi connectivity index (χ4v) is 3.88. The Bertz CT molecular complexity index is 960. The topological polar surface area (TPSA) is 83.9 Å². The Hall–Kier alpha value is -2.61. The van der Waals surface area contributed by atoms with Crippen LogP contribution in [0.3, 0.4) is 0 Å². The number of rotatable bonds is 6. The third-order valence-corrected chi connectivity index (χ3v) is 5.40. The van der Waals surface area contributed by atoms with Gasteiger partial charge in [0.25, 0.3) is 0 Å². The molecule has 2 aromatic heterocycles. The summed E-state index contributed by atoms with van der Waals surface area (Å²) in [5.41, 5.74) is 1.96. The first-order valence-corrected chi connectivity index (χ1v) is 9.20. The number of H-pyrrole nitrogens is 1. The second-order valence-electron chi connectivity index (χ2n) is 6.14. The SMILES string of the molecule is CCn1c(S[C@H](C(C)=O)C(=O)N(C)C)nnc1-c1c[nH]c2ccccc12. The van der Waals surface area contributed by atoms with E-state index >= 15 is 0 Å². The van der Waals surface area contributed by atoms with E-state index in [1.54, 1.807) is 14.1 Å². The van der Waals surface area contributed by atoms with Crippen LogP contribution in [0.15, 0.2) is 35.6 Å². The van der Waals surface area contributed by atoms with Crippen molar-refractivity contribution in [2.24, 2.45) is 0 Å². The van der Waals surface area contributed by atoms with Gasteiger partial charge < -0.3 is 14.5 Å². The quantitative estimate of drug-likeness (QED) is 0.532. The van der Waals surface area contributed by atoms with Crippen LogP contribution in [-0.4, -0.2) is 55.7 Å². The number of carbonyl (C=O) groups excluding carboxylic acids is 2. The fraction of sp³-hybridized carbons (Fsp3) is 0.333. The van der Waals surface area contributed by atoms with Crippen molar-refractivity contribution in [3.63, 3.8) is 0 Å². The van der Waals surface area contributed by atoms with Gasteiger partial charge in [0.1, 0.15) is 5.25 Å². The summed E-state index contributed by atoms with van der Waals surface area (Å²) in [5.74, 6) is 0.266. The van der Waals surface area contributed by atoms with Gasteiger partial charge in [-0.3, -0.25) is 9.59 Å². The number of hydrogen-bond donors (Lipinski definition) is 1. The number of carbonyl (C=O) groups is 2. The van der Waals surface area contributed by atoms with Crippen molar-refractivity contribution < 1.29 is 9.59 Å². The molecule has 0 bridgehead atoms. The van der Waals surface area contributed by atoms with E-state index < -0.39 is 5.25 Å². The molecule has 1 amide bonds. The van der Waals surface area contributed by atoms with E-state index in [4.69, 9.17) is 0 Å².